The highest BCUT2D eigenvalue weighted by molar-refractivity contribution is 7.98. The molecule has 0 saturated heterocycles. The van der Waals surface area contributed by atoms with Crippen molar-refractivity contribution in [1.29, 1.82) is 0 Å². The number of rotatable bonds is 5. The molecule has 2 N–H and O–H groups in total. The van der Waals surface area contributed by atoms with Gasteiger partial charge in [-0.25, -0.2) is 0 Å². The lowest BCUT2D eigenvalue weighted by Crippen LogP contribution is -2.37. The Kier molecular flexibility index (Phi) is 2.79. The van der Waals surface area contributed by atoms with Gasteiger partial charge in [0.2, 0.25) is 5.91 Å². The van der Waals surface area contributed by atoms with E-state index in [1.807, 2.05) is 0 Å². The second kappa shape index (κ2) is 3.81. The zero-order valence-corrected chi connectivity index (χ0v) is 9.59. The topological polar surface area (TPSA) is 52.6 Å². The van der Waals surface area contributed by atoms with E-state index in [-0.39, 0.29) is 16.6 Å². The smallest absolute Gasteiger partial charge is 0.240 e. The van der Waals surface area contributed by atoms with Crippen molar-refractivity contribution in [3.8, 4) is 0 Å². The Hall–Kier alpha value is -0.520. The quantitative estimate of drug-likeness (QED) is 0.427. The summed E-state index contributed by atoms with van der Waals surface area (Å²) in [5, 5.41) is 9.47. The summed E-state index contributed by atoms with van der Waals surface area (Å²) in [5.74, 6) is 0.184. The largest absolute Gasteiger partial charge is 0.285 e. The van der Waals surface area contributed by atoms with Crippen molar-refractivity contribution in [2.45, 2.75) is 30.9 Å². The SMILES string of the molecule is C=CC1CC1C(=O)NN(O)SC1(C)CC1. The zero-order chi connectivity index (χ0) is 11.1. The number of nitrogens with one attached hydrogen (secondary N) is 1. The molecular weight excluding hydrogens is 212 g/mol. The van der Waals surface area contributed by atoms with Gasteiger partial charge in [-0.2, -0.15) is 0 Å². The van der Waals surface area contributed by atoms with Crippen LogP contribution in [-0.4, -0.2) is 20.4 Å². The number of hydrogen-bond donors (Lipinski definition) is 2. The van der Waals surface area contributed by atoms with E-state index >= 15 is 0 Å². The first-order valence-corrected chi connectivity index (χ1v) is 5.93. The van der Waals surface area contributed by atoms with Crippen molar-refractivity contribution in [2.24, 2.45) is 11.8 Å². The summed E-state index contributed by atoms with van der Waals surface area (Å²) in [4.78, 5) is 11.5. The highest BCUT2D eigenvalue weighted by atomic mass is 32.2. The molecule has 2 aliphatic rings. The molecule has 2 saturated carbocycles. The molecule has 84 valence electrons. The maximum atomic E-state index is 11.5. The van der Waals surface area contributed by atoms with Crippen molar-refractivity contribution >= 4 is 17.9 Å². The fraction of sp³-hybridized carbons (Fsp3) is 0.700. The third-order valence-electron chi connectivity index (χ3n) is 2.95. The zero-order valence-electron chi connectivity index (χ0n) is 8.77. The van der Waals surface area contributed by atoms with Crippen LogP contribution >= 0.6 is 11.9 Å². The van der Waals surface area contributed by atoms with E-state index in [0.29, 0.717) is 5.92 Å². The first kappa shape index (κ1) is 11.0. The number of hydrazine groups is 1. The fourth-order valence-electron chi connectivity index (χ4n) is 1.45. The first-order valence-electron chi connectivity index (χ1n) is 5.15. The van der Waals surface area contributed by atoms with Crippen LogP contribution in [0.5, 0.6) is 0 Å². The summed E-state index contributed by atoms with van der Waals surface area (Å²) in [6, 6.07) is 0. The van der Waals surface area contributed by atoms with Crippen molar-refractivity contribution in [3.63, 3.8) is 0 Å². The minimum Gasteiger partial charge on any atom is -0.285 e. The van der Waals surface area contributed by atoms with Crippen LogP contribution in [0.25, 0.3) is 0 Å². The molecule has 1 amide bonds. The van der Waals surface area contributed by atoms with Crippen LogP contribution in [0.1, 0.15) is 26.2 Å². The summed E-state index contributed by atoms with van der Waals surface area (Å²) in [6.45, 7) is 5.71. The van der Waals surface area contributed by atoms with Crippen molar-refractivity contribution < 1.29 is 10.0 Å². The number of allylic oxidation sites excluding steroid dienone is 1. The molecule has 0 aliphatic heterocycles. The molecule has 0 aromatic heterocycles. The monoisotopic (exact) mass is 228 g/mol. The molecule has 15 heavy (non-hydrogen) atoms. The average molecular weight is 228 g/mol. The lowest BCUT2D eigenvalue weighted by molar-refractivity contribution is -0.135. The van der Waals surface area contributed by atoms with Crippen LogP contribution < -0.4 is 5.43 Å². The third kappa shape index (κ3) is 2.74. The van der Waals surface area contributed by atoms with Crippen LogP contribution in [0, 0.1) is 11.8 Å². The van der Waals surface area contributed by atoms with Gasteiger partial charge in [0.25, 0.3) is 0 Å². The molecule has 0 bridgehead atoms. The summed E-state index contributed by atoms with van der Waals surface area (Å²) < 4.78 is 0.969. The summed E-state index contributed by atoms with van der Waals surface area (Å²) in [5.41, 5.74) is 2.47. The first-order chi connectivity index (χ1) is 7.04. The Balaban J connectivity index is 1.72. The highest BCUT2D eigenvalue weighted by Gasteiger charge is 2.43. The Labute approximate surface area is 93.8 Å². The van der Waals surface area contributed by atoms with Crippen molar-refractivity contribution in [3.05, 3.63) is 12.7 Å². The van der Waals surface area contributed by atoms with E-state index in [0.717, 1.165) is 23.8 Å². The number of carbonyl (C=O) groups is 1. The maximum absolute atomic E-state index is 11.5. The average Bonchev–Trinajstić information content (AvgIpc) is 3.01. The molecule has 0 heterocycles. The van der Waals surface area contributed by atoms with Gasteiger partial charge >= 0.3 is 0 Å². The van der Waals surface area contributed by atoms with E-state index in [9.17, 15) is 10.0 Å². The molecule has 0 aromatic carbocycles. The molecule has 2 fully saturated rings. The van der Waals surface area contributed by atoms with E-state index in [2.05, 4.69) is 18.9 Å². The summed E-state index contributed by atoms with van der Waals surface area (Å²) >= 11 is 1.28. The van der Waals surface area contributed by atoms with Gasteiger partial charge in [0, 0.05) is 10.7 Å². The minimum absolute atomic E-state index is 0.00441. The predicted molar refractivity (Wildman–Crippen MR) is 58.8 cm³/mol. The number of hydrogen-bond acceptors (Lipinski definition) is 4. The van der Waals surface area contributed by atoms with Gasteiger partial charge in [-0.15, -0.1) is 6.58 Å². The van der Waals surface area contributed by atoms with Crippen molar-refractivity contribution in [1.82, 2.24) is 10.0 Å². The number of carbonyl (C=O) groups excluding carboxylic acids is 1. The van der Waals surface area contributed by atoms with Gasteiger partial charge in [0.05, 0.1) is 0 Å². The molecule has 4 nitrogen and oxygen atoms in total. The standard InChI is InChI=1S/C10H16N2O2S/c1-3-7-6-8(7)9(13)11-12(14)15-10(2)4-5-10/h3,7-8,14H,1,4-6H2,2H3,(H,11,13). The fourth-order valence-corrected chi connectivity index (χ4v) is 2.29. The van der Waals surface area contributed by atoms with Gasteiger partial charge in [0.15, 0.2) is 0 Å². The minimum atomic E-state index is -0.112. The number of nitrogens with zero attached hydrogens (tertiary/aromatic N) is 1. The van der Waals surface area contributed by atoms with Crippen LogP contribution in [0.3, 0.4) is 0 Å². The van der Waals surface area contributed by atoms with Gasteiger partial charge in [-0.05, 0) is 48.6 Å². The normalized spacial score (nSPS) is 31.1. The Bertz CT molecular complexity index is 291. The molecule has 2 aliphatic carbocycles. The Morgan fingerprint density at radius 3 is 2.87 bits per heavy atom. The van der Waals surface area contributed by atoms with E-state index in [1.54, 1.807) is 6.08 Å². The van der Waals surface area contributed by atoms with Crippen LogP contribution in [0.4, 0.5) is 0 Å². The second-order valence-electron chi connectivity index (χ2n) is 4.53. The summed E-state index contributed by atoms with van der Waals surface area (Å²) in [7, 11) is 0. The molecule has 5 heteroatoms. The molecule has 0 radical (unpaired) electrons. The van der Waals surface area contributed by atoms with E-state index < -0.39 is 0 Å². The highest BCUT2D eigenvalue weighted by Crippen LogP contribution is 2.48. The maximum Gasteiger partial charge on any atom is 0.240 e. The predicted octanol–water partition coefficient (Wildman–Crippen LogP) is 1.73. The van der Waals surface area contributed by atoms with Crippen LogP contribution in [0.2, 0.25) is 0 Å². The molecule has 2 atom stereocenters. The van der Waals surface area contributed by atoms with Gasteiger partial charge in [0.1, 0.15) is 0 Å². The van der Waals surface area contributed by atoms with Gasteiger partial charge in [-0.3, -0.25) is 15.4 Å². The molecule has 2 rings (SSSR count). The lowest BCUT2D eigenvalue weighted by atomic mass is 10.3. The molecule has 0 aromatic rings. The van der Waals surface area contributed by atoms with E-state index in [1.165, 1.54) is 11.9 Å². The lowest BCUT2D eigenvalue weighted by Gasteiger charge is -2.17. The van der Waals surface area contributed by atoms with Gasteiger partial charge in [-0.1, -0.05) is 6.08 Å². The third-order valence-corrected chi connectivity index (χ3v) is 4.06. The van der Waals surface area contributed by atoms with Crippen molar-refractivity contribution in [2.75, 3.05) is 0 Å². The Morgan fingerprint density at radius 2 is 2.40 bits per heavy atom. The number of amides is 1. The molecular formula is C10H16N2O2S. The van der Waals surface area contributed by atoms with Gasteiger partial charge < -0.3 is 0 Å². The van der Waals surface area contributed by atoms with Crippen LogP contribution in [0.15, 0.2) is 12.7 Å². The molecule has 2 unspecified atom stereocenters. The van der Waals surface area contributed by atoms with Crippen LogP contribution in [-0.2, 0) is 4.79 Å². The molecule has 0 spiro atoms. The second-order valence-corrected chi connectivity index (χ2v) is 6.05. The summed E-state index contributed by atoms with van der Waals surface area (Å²) in [6.07, 6.45) is 4.82. The van der Waals surface area contributed by atoms with E-state index in [4.69, 9.17) is 0 Å². The Morgan fingerprint density at radius 1 is 1.73 bits per heavy atom.